The molecule has 1 N–H and O–H groups in total. The molecule has 0 bridgehead atoms. The molecule has 0 aliphatic heterocycles. The highest BCUT2D eigenvalue weighted by molar-refractivity contribution is 7.90. The van der Waals surface area contributed by atoms with Crippen molar-refractivity contribution >= 4 is 21.8 Å². The zero-order valence-electron chi connectivity index (χ0n) is 15.7. The Balaban J connectivity index is 1.43. The van der Waals surface area contributed by atoms with Gasteiger partial charge in [-0.15, -0.1) is 5.10 Å². The van der Waals surface area contributed by atoms with Crippen LogP contribution in [-0.2, 0) is 15.6 Å². The zero-order chi connectivity index (χ0) is 21.0. The number of sulfone groups is 1. The van der Waals surface area contributed by atoms with Gasteiger partial charge in [0.1, 0.15) is 5.75 Å². The first-order chi connectivity index (χ1) is 14.5. The van der Waals surface area contributed by atoms with E-state index in [9.17, 15) is 13.2 Å². The number of carbonyl (C=O) groups excluding carboxylic acids is 1. The fourth-order valence-electron chi connectivity index (χ4n) is 2.85. The number of nitrogens with one attached hydrogen (secondary N) is 1. The lowest BCUT2D eigenvalue weighted by Gasteiger charge is -2.04. The fourth-order valence-corrected chi connectivity index (χ4v) is 4.03. The number of benzene rings is 3. The van der Waals surface area contributed by atoms with Crippen LogP contribution in [0.15, 0.2) is 94.2 Å². The van der Waals surface area contributed by atoms with Gasteiger partial charge in [-0.3, -0.25) is 10.1 Å². The summed E-state index contributed by atoms with van der Waals surface area (Å²) in [7, 11) is -3.62. The van der Waals surface area contributed by atoms with Crippen LogP contribution in [0.25, 0.3) is 11.1 Å². The summed E-state index contributed by atoms with van der Waals surface area (Å²) in [5.74, 6) is -0.990. The Morgan fingerprint density at radius 1 is 0.800 bits per heavy atom. The van der Waals surface area contributed by atoms with Crippen LogP contribution < -0.4 is 5.32 Å². The predicted molar refractivity (Wildman–Crippen MR) is 111 cm³/mol. The minimum Gasteiger partial charge on any atom is -0.407 e. The van der Waals surface area contributed by atoms with E-state index in [-0.39, 0.29) is 16.8 Å². The summed E-state index contributed by atoms with van der Waals surface area (Å²) in [6, 6.07) is 24.7. The van der Waals surface area contributed by atoms with E-state index in [0.717, 1.165) is 11.1 Å². The zero-order valence-corrected chi connectivity index (χ0v) is 16.5. The molecular weight excluding hydrogens is 402 g/mol. The number of hydrogen-bond donors (Lipinski definition) is 1. The van der Waals surface area contributed by atoms with Gasteiger partial charge >= 0.3 is 6.01 Å². The molecule has 8 heteroatoms. The molecule has 150 valence electrons. The number of amides is 1. The third-order valence-electron chi connectivity index (χ3n) is 4.36. The lowest BCUT2D eigenvalue weighted by atomic mass is 10.0. The Morgan fingerprint density at radius 2 is 1.40 bits per heavy atom. The van der Waals surface area contributed by atoms with E-state index < -0.39 is 21.5 Å². The van der Waals surface area contributed by atoms with Crippen molar-refractivity contribution in [1.29, 1.82) is 0 Å². The highest BCUT2D eigenvalue weighted by atomic mass is 32.2. The normalized spacial score (nSPS) is 11.2. The smallest absolute Gasteiger partial charge is 0.322 e. The highest BCUT2D eigenvalue weighted by Crippen LogP contribution is 2.20. The second-order valence-corrected chi connectivity index (χ2v) is 8.46. The van der Waals surface area contributed by atoms with Crippen LogP contribution in [0.2, 0.25) is 0 Å². The van der Waals surface area contributed by atoms with Gasteiger partial charge in [-0.05, 0) is 35.4 Å². The van der Waals surface area contributed by atoms with Gasteiger partial charge in [-0.25, -0.2) is 8.42 Å². The number of carbonyl (C=O) groups is 1. The van der Waals surface area contributed by atoms with Crippen LogP contribution in [0.1, 0.15) is 16.2 Å². The van der Waals surface area contributed by atoms with Crippen LogP contribution in [-0.4, -0.2) is 24.5 Å². The van der Waals surface area contributed by atoms with Gasteiger partial charge in [0.25, 0.3) is 5.91 Å². The van der Waals surface area contributed by atoms with Crippen LogP contribution >= 0.6 is 0 Å². The maximum Gasteiger partial charge on any atom is 0.322 e. The molecule has 1 aromatic heterocycles. The summed E-state index contributed by atoms with van der Waals surface area (Å²) in [6.07, 6.45) is 0. The largest absolute Gasteiger partial charge is 0.407 e. The van der Waals surface area contributed by atoms with Crippen molar-refractivity contribution in [1.82, 2.24) is 10.2 Å². The van der Waals surface area contributed by atoms with E-state index >= 15 is 0 Å². The molecule has 3 aromatic carbocycles. The Bertz CT molecular complexity index is 1250. The van der Waals surface area contributed by atoms with Gasteiger partial charge in [-0.1, -0.05) is 65.8 Å². The minimum atomic E-state index is -3.62. The van der Waals surface area contributed by atoms with Gasteiger partial charge in [0.05, 0.1) is 4.90 Å². The van der Waals surface area contributed by atoms with Gasteiger partial charge < -0.3 is 4.42 Å². The van der Waals surface area contributed by atoms with E-state index in [0.29, 0.717) is 5.56 Å². The second kappa shape index (κ2) is 8.30. The van der Waals surface area contributed by atoms with Crippen LogP contribution in [0.3, 0.4) is 0 Å². The molecule has 0 aliphatic carbocycles. The molecule has 0 atom stereocenters. The number of nitrogens with zero attached hydrogens (tertiary/aromatic N) is 2. The van der Waals surface area contributed by atoms with E-state index in [4.69, 9.17) is 4.42 Å². The topological polar surface area (TPSA) is 102 Å². The van der Waals surface area contributed by atoms with Crippen molar-refractivity contribution in [2.75, 3.05) is 5.32 Å². The van der Waals surface area contributed by atoms with Crippen molar-refractivity contribution in [3.63, 3.8) is 0 Å². The van der Waals surface area contributed by atoms with Gasteiger partial charge in [-0.2, -0.15) is 0 Å². The summed E-state index contributed by atoms with van der Waals surface area (Å²) >= 11 is 0. The van der Waals surface area contributed by atoms with Gasteiger partial charge in [0.2, 0.25) is 5.89 Å². The SMILES string of the molecule is O=C(Nc1nnc(CS(=O)(=O)c2ccccc2)o1)c1ccc(-c2ccccc2)cc1. The summed E-state index contributed by atoms with van der Waals surface area (Å²) in [5, 5.41) is 9.92. The number of rotatable bonds is 6. The van der Waals surface area contributed by atoms with Gasteiger partial charge in [0.15, 0.2) is 9.84 Å². The molecule has 0 unspecified atom stereocenters. The molecule has 4 aromatic rings. The molecule has 7 nitrogen and oxygen atoms in total. The van der Waals surface area contributed by atoms with E-state index in [1.807, 2.05) is 42.5 Å². The lowest BCUT2D eigenvalue weighted by molar-refractivity contribution is 0.102. The first-order valence-corrected chi connectivity index (χ1v) is 10.7. The quantitative estimate of drug-likeness (QED) is 0.507. The Hall–Kier alpha value is -3.78. The minimum absolute atomic E-state index is 0.103. The first kappa shape index (κ1) is 19.5. The molecule has 4 rings (SSSR count). The van der Waals surface area contributed by atoms with E-state index in [1.165, 1.54) is 12.1 Å². The van der Waals surface area contributed by atoms with Gasteiger partial charge in [0, 0.05) is 5.56 Å². The number of aromatic nitrogens is 2. The lowest BCUT2D eigenvalue weighted by Crippen LogP contribution is -2.12. The average Bonchev–Trinajstić information content (AvgIpc) is 3.21. The molecule has 0 fully saturated rings. The molecule has 0 saturated carbocycles. The van der Waals surface area contributed by atoms with E-state index in [2.05, 4.69) is 15.5 Å². The highest BCUT2D eigenvalue weighted by Gasteiger charge is 2.20. The first-order valence-electron chi connectivity index (χ1n) is 9.08. The van der Waals surface area contributed by atoms with E-state index in [1.54, 1.807) is 30.3 Å². The third-order valence-corrected chi connectivity index (χ3v) is 5.97. The summed E-state index contributed by atoms with van der Waals surface area (Å²) in [5.41, 5.74) is 2.44. The van der Waals surface area contributed by atoms with Crippen LogP contribution in [0, 0.1) is 0 Å². The molecule has 0 spiro atoms. The molecular formula is C22H17N3O4S. The maximum atomic E-state index is 12.4. The Morgan fingerprint density at radius 3 is 2.07 bits per heavy atom. The molecule has 1 amide bonds. The van der Waals surface area contributed by atoms with Crippen molar-refractivity contribution < 1.29 is 17.6 Å². The predicted octanol–water partition coefficient (Wildman–Crippen LogP) is 3.96. The third kappa shape index (κ3) is 4.44. The monoisotopic (exact) mass is 419 g/mol. The standard InChI is InChI=1S/C22H17N3O4S/c26-21(18-13-11-17(12-14-18)16-7-3-1-4-8-16)23-22-25-24-20(29-22)15-30(27,28)19-9-5-2-6-10-19/h1-14H,15H2,(H,23,25,26). The maximum absolute atomic E-state index is 12.4. The van der Waals surface area contributed by atoms with Crippen molar-refractivity contribution in [3.05, 3.63) is 96.4 Å². The van der Waals surface area contributed by atoms with Crippen molar-refractivity contribution in [2.45, 2.75) is 10.6 Å². The summed E-state index contributed by atoms with van der Waals surface area (Å²) < 4.78 is 30.1. The Kier molecular flexibility index (Phi) is 5.40. The summed E-state index contributed by atoms with van der Waals surface area (Å²) in [4.78, 5) is 12.6. The molecule has 0 aliphatic rings. The van der Waals surface area contributed by atoms with Crippen molar-refractivity contribution in [2.24, 2.45) is 0 Å². The molecule has 30 heavy (non-hydrogen) atoms. The fraction of sp³-hybridized carbons (Fsp3) is 0.0455. The molecule has 0 radical (unpaired) electrons. The summed E-state index contributed by atoms with van der Waals surface area (Å²) in [6.45, 7) is 0. The average molecular weight is 419 g/mol. The van der Waals surface area contributed by atoms with Crippen molar-refractivity contribution in [3.8, 4) is 11.1 Å². The molecule has 1 heterocycles. The molecule has 0 saturated heterocycles. The van der Waals surface area contributed by atoms with Crippen LogP contribution in [0.5, 0.6) is 0 Å². The Labute approximate surface area is 173 Å². The van der Waals surface area contributed by atoms with Crippen LogP contribution in [0.4, 0.5) is 6.01 Å². The number of hydrogen-bond acceptors (Lipinski definition) is 6. The second-order valence-electron chi connectivity index (χ2n) is 6.47. The number of anilines is 1.